The molecule has 3 nitrogen and oxygen atoms in total. The van der Waals surface area contributed by atoms with Gasteiger partial charge in [0.15, 0.2) is 0 Å². The molecule has 3 heteroatoms. The highest BCUT2D eigenvalue weighted by Gasteiger charge is 2.33. The smallest absolute Gasteiger partial charge is 0.236 e. The molecule has 1 aliphatic heterocycles. The molecule has 0 aromatic carbocycles. The van der Waals surface area contributed by atoms with Gasteiger partial charge < -0.3 is 10.2 Å². The van der Waals surface area contributed by atoms with Crippen LogP contribution in [0.4, 0.5) is 0 Å². The number of nitrogens with zero attached hydrogens (tertiary/aromatic N) is 1. The van der Waals surface area contributed by atoms with Crippen molar-refractivity contribution in [1.29, 1.82) is 0 Å². The number of likely N-dealkylation sites (tertiary alicyclic amines) is 1. The van der Waals surface area contributed by atoms with Gasteiger partial charge in [0.05, 0.1) is 6.54 Å². The van der Waals surface area contributed by atoms with Crippen molar-refractivity contribution in [3.05, 3.63) is 0 Å². The highest BCUT2D eigenvalue weighted by Crippen LogP contribution is 2.33. The molecule has 1 unspecified atom stereocenters. The van der Waals surface area contributed by atoms with Crippen LogP contribution in [0.2, 0.25) is 0 Å². The number of nitrogens with one attached hydrogen (secondary N) is 1. The lowest BCUT2D eigenvalue weighted by molar-refractivity contribution is -0.129. The minimum atomic E-state index is 0.300. The van der Waals surface area contributed by atoms with Crippen molar-refractivity contribution in [2.45, 2.75) is 58.9 Å². The highest BCUT2D eigenvalue weighted by molar-refractivity contribution is 5.78. The van der Waals surface area contributed by atoms with Gasteiger partial charge >= 0.3 is 0 Å². The minimum Gasteiger partial charge on any atom is -0.341 e. The second-order valence-electron chi connectivity index (χ2n) is 7.05. The molecule has 1 saturated heterocycles. The average molecular weight is 252 g/mol. The summed E-state index contributed by atoms with van der Waals surface area (Å²) in [5, 5.41) is 3.42. The number of rotatable bonds is 3. The Morgan fingerprint density at radius 1 is 1.22 bits per heavy atom. The normalized spacial score (nSPS) is 25.9. The molecule has 2 fully saturated rings. The maximum atomic E-state index is 12.1. The van der Waals surface area contributed by atoms with Crippen molar-refractivity contribution in [1.82, 2.24) is 10.2 Å². The van der Waals surface area contributed by atoms with Gasteiger partial charge in [-0.3, -0.25) is 4.79 Å². The molecule has 0 aromatic heterocycles. The Labute approximate surface area is 111 Å². The Morgan fingerprint density at radius 3 is 2.44 bits per heavy atom. The van der Waals surface area contributed by atoms with E-state index >= 15 is 0 Å². The third kappa shape index (κ3) is 3.47. The van der Waals surface area contributed by atoms with E-state index in [2.05, 4.69) is 31.0 Å². The van der Waals surface area contributed by atoms with E-state index in [4.69, 9.17) is 0 Å². The molecule has 1 heterocycles. The summed E-state index contributed by atoms with van der Waals surface area (Å²) < 4.78 is 0. The quantitative estimate of drug-likeness (QED) is 0.836. The van der Waals surface area contributed by atoms with Crippen LogP contribution < -0.4 is 5.32 Å². The fourth-order valence-electron chi connectivity index (χ4n) is 3.17. The monoisotopic (exact) mass is 252 g/mol. The first kappa shape index (κ1) is 13.9. The lowest BCUT2D eigenvalue weighted by Crippen LogP contribution is -2.40. The van der Waals surface area contributed by atoms with E-state index in [1.54, 1.807) is 0 Å². The second kappa shape index (κ2) is 5.60. The van der Waals surface area contributed by atoms with Crippen LogP contribution in [0.5, 0.6) is 0 Å². The van der Waals surface area contributed by atoms with Crippen LogP contribution in [0.25, 0.3) is 0 Å². The molecule has 1 atom stereocenters. The van der Waals surface area contributed by atoms with E-state index in [9.17, 15) is 4.79 Å². The molecular weight excluding hydrogens is 224 g/mol. The maximum absolute atomic E-state index is 12.1. The summed E-state index contributed by atoms with van der Waals surface area (Å²) in [5.41, 5.74) is 0.327. The average Bonchev–Trinajstić information content (AvgIpc) is 2.96. The van der Waals surface area contributed by atoms with Gasteiger partial charge in [-0.05, 0) is 30.6 Å². The van der Waals surface area contributed by atoms with E-state index in [1.807, 2.05) is 0 Å². The maximum Gasteiger partial charge on any atom is 0.236 e. The summed E-state index contributed by atoms with van der Waals surface area (Å²) in [6, 6.07) is 0.593. The van der Waals surface area contributed by atoms with Gasteiger partial charge in [0, 0.05) is 19.1 Å². The molecule has 1 aliphatic carbocycles. The first-order valence-electron chi connectivity index (χ1n) is 7.48. The van der Waals surface area contributed by atoms with Gasteiger partial charge in [-0.1, -0.05) is 33.6 Å². The fourth-order valence-corrected chi connectivity index (χ4v) is 3.17. The molecule has 1 saturated carbocycles. The molecule has 0 radical (unpaired) electrons. The minimum absolute atomic E-state index is 0.300. The van der Waals surface area contributed by atoms with Crippen LogP contribution in [0, 0.1) is 11.3 Å². The van der Waals surface area contributed by atoms with E-state index in [1.165, 1.54) is 32.1 Å². The van der Waals surface area contributed by atoms with E-state index < -0.39 is 0 Å². The highest BCUT2D eigenvalue weighted by atomic mass is 16.2. The third-order valence-electron chi connectivity index (χ3n) is 4.66. The molecule has 104 valence electrons. The largest absolute Gasteiger partial charge is 0.341 e. The SMILES string of the molecule is CC(C)(C)C1CCN(C(=O)CNC2CCCC2)C1. The lowest BCUT2D eigenvalue weighted by atomic mass is 9.80. The van der Waals surface area contributed by atoms with Crippen LogP contribution >= 0.6 is 0 Å². The summed E-state index contributed by atoms with van der Waals surface area (Å²) in [7, 11) is 0. The topological polar surface area (TPSA) is 32.3 Å². The molecule has 1 amide bonds. The second-order valence-corrected chi connectivity index (χ2v) is 7.05. The summed E-state index contributed by atoms with van der Waals surface area (Å²) in [6.45, 7) is 9.29. The Morgan fingerprint density at radius 2 is 1.89 bits per heavy atom. The van der Waals surface area contributed by atoms with E-state index in [-0.39, 0.29) is 0 Å². The molecule has 2 rings (SSSR count). The summed E-state index contributed by atoms with van der Waals surface area (Å²) in [4.78, 5) is 14.2. The molecule has 0 bridgehead atoms. The summed E-state index contributed by atoms with van der Waals surface area (Å²) >= 11 is 0. The Hall–Kier alpha value is -0.570. The van der Waals surface area contributed by atoms with Crippen LogP contribution in [-0.4, -0.2) is 36.5 Å². The molecule has 0 aromatic rings. The third-order valence-corrected chi connectivity index (χ3v) is 4.66. The number of carbonyl (C=O) groups excluding carboxylic acids is 1. The Bertz CT molecular complexity index is 289. The first-order chi connectivity index (χ1) is 8.47. The van der Waals surface area contributed by atoms with Crippen molar-refractivity contribution in [2.24, 2.45) is 11.3 Å². The van der Waals surface area contributed by atoms with Gasteiger partial charge in [0.25, 0.3) is 0 Å². The number of carbonyl (C=O) groups is 1. The van der Waals surface area contributed by atoms with Crippen molar-refractivity contribution in [2.75, 3.05) is 19.6 Å². The molecule has 0 spiro atoms. The van der Waals surface area contributed by atoms with Crippen molar-refractivity contribution in [3.63, 3.8) is 0 Å². The van der Waals surface area contributed by atoms with Gasteiger partial charge in [-0.2, -0.15) is 0 Å². The zero-order valence-corrected chi connectivity index (χ0v) is 12.2. The molecule has 1 N–H and O–H groups in total. The first-order valence-corrected chi connectivity index (χ1v) is 7.48. The van der Waals surface area contributed by atoms with Crippen molar-refractivity contribution >= 4 is 5.91 Å². The fraction of sp³-hybridized carbons (Fsp3) is 0.933. The van der Waals surface area contributed by atoms with Crippen LogP contribution in [-0.2, 0) is 4.79 Å². The molecule has 18 heavy (non-hydrogen) atoms. The number of hydrogen-bond acceptors (Lipinski definition) is 2. The summed E-state index contributed by atoms with van der Waals surface area (Å²) in [6.07, 6.45) is 6.30. The predicted octanol–water partition coefficient (Wildman–Crippen LogP) is 2.41. The summed E-state index contributed by atoms with van der Waals surface area (Å²) in [5.74, 6) is 0.960. The van der Waals surface area contributed by atoms with Gasteiger partial charge in [-0.25, -0.2) is 0 Å². The van der Waals surface area contributed by atoms with Crippen molar-refractivity contribution < 1.29 is 4.79 Å². The zero-order valence-electron chi connectivity index (χ0n) is 12.2. The number of amides is 1. The predicted molar refractivity (Wildman–Crippen MR) is 74.4 cm³/mol. The van der Waals surface area contributed by atoms with Gasteiger partial charge in [0.2, 0.25) is 5.91 Å². The molecular formula is C15H28N2O. The lowest BCUT2D eigenvalue weighted by Gasteiger charge is -2.27. The van der Waals surface area contributed by atoms with Gasteiger partial charge in [0.1, 0.15) is 0 Å². The zero-order chi connectivity index (χ0) is 13.2. The van der Waals surface area contributed by atoms with E-state index in [0.29, 0.717) is 29.8 Å². The molecule has 2 aliphatic rings. The van der Waals surface area contributed by atoms with Crippen LogP contribution in [0.1, 0.15) is 52.9 Å². The van der Waals surface area contributed by atoms with E-state index in [0.717, 1.165) is 13.1 Å². The Kier molecular flexibility index (Phi) is 4.31. The standard InChI is InChI=1S/C15H28N2O/c1-15(2,3)12-8-9-17(11-12)14(18)10-16-13-6-4-5-7-13/h12-13,16H,4-11H2,1-3H3. The van der Waals surface area contributed by atoms with Gasteiger partial charge in [-0.15, -0.1) is 0 Å². The Balaban J connectivity index is 1.73. The van der Waals surface area contributed by atoms with Crippen molar-refractivity contribution in [3.8, 4) is 0 Å². The van der Waals surface area contributed by atoms with Crippen LogP contribution in [0.3, 0.4) is 0 Å². The number of hydrogen-bond donors (Lipinski definition) is 1. The van der Waals surface area contributed by atoms with Crippen LogP contribution in [0.15, 0.2) is 0 Å².